The second-order valence-corrected chi connectivity index (χ2v) is 8.25. The number of rotatable bonds is 2. The Morgan fingerprint density at radius 2 is 1.82 bits per heavy atom. The van der Waals surface area contributed by atoms with E-state index >= 15 is 0 Å². The molecule has 0 saturated carbocycles. The zero-order chi connectivity index (χ0) is 23.7. The van der Waals surface area contributed by atoms with Crippen molar-refractivity contribution < 1.29 is 18.7 Å². The molecule has 0 radical (unpaired) electrons. The number of methoxy groups -OCH3 is 1. The first-order valence-corrected chi connectivity index (χ1v) is 11.1. The molecule has 2 aliphatic heterocycles. The summed E-state index contributed by atoms with van der Waals surface area (Å²) in [6, 6.07) is 17.4. The van der Waals surface area contributed by atoms with E-state index in [1.165, 1.54) is 6.07 Å². The molecule has 1 fully saturated rings. The Kier molecular flexibility index (Phi) is 5.79. The van der Waals surface area contributed by atoms with Crippen molar-refractivity contribution in [1.29, 1.82) is 0 Å². The Labute approximate surface area is 197 Å². The average Bonchev–Trinajstić information content (AvgIpc) is 3.01. The number of urea groups is 1. The van der Waals surface area contributed by atoms with Gasteiger partial charge in [-0.25, -0.2) is 14.2 Å². The molecule has 0 aliphatic carbocycles. The van der Waals surface area contributed by atoms with Gasteiger partial charge in [0.1, 0.15) is 28.8 Å². The number of hydrogen-bond donors (Lipinski definition) is 1. The SMILES string of the molecule is COc1ccc2c(c1)C(N1CCN(C(=O)Nc3ccccc3F)CC1)=Nc1ccc(C)cc1O2. The smallest absolute Gasteiger partial charge is 0.322 e. The number of piperazine rings is 1. The van der Waals surface area contributed by atoms with Crippen LogP contribution in [-0.2, 0) is 0 Å². The summed E-state index contributed by atoms with van der Waals surface area (Å²) in [5.74, 6) is 2.42. The number of aliphatic imine (C=N–C) groups is 1. The lowest BCUT2D eigenvalue weighted by Crippen LogP contribution is -2.51. The lowest BCUT2D eigenvalue weighted by Gasteiger charge is -2.36. The first kappa shape index (κ1) is 21.8. The van der Waals surface area contributed by atoms with Gasteiger partial charge in [0.05, 0.1) is 18.4 Å². The Morgan fingerprint density at radius 3 is 2.59 bits per heavy atom. The van der Waals surface area contributed by atoms with E-state index in [1.807, 2.05) is 43.3 Å². The number of amidine groups is 1. The Balaban J connectivity index is 1.39. The molecule has 5 rings (SSSR count). The van der Waals surface area contributed by atoms with Crippen molar-refractivity contribution in [2.75, 3.05) is 38.6 Å². The average molecular weight is 461 g/mol. The highest BCUT2D eigenvalue weighted by atomic mass is 19.1. The summed E-state index contributed by atoms with van der Waals surface area (Å²) in [7, 11) is 1.63. The minimum Gasteiger partial charge on any atom is -0.497 e. The van der Waals surface area contributed by atoms with Crippen LogP contribution in [0.5, 0.6) is 17.2 Å². The summed E-state index contributed by atoms with van der Waals surface area (Å²) in [6.07, 6.45) is 0. The molecule has 34 heavy (non-hydrogen) atoms. The Bertz CT molecular complexity index is 1270. The van der Waals surface area contributed by atoms with Gasteiger partial charge in [0, 0.05) is 26.2 Å². The van der Waals surface area contributed by atoms with E-state index in [0.717, 1.165) is 22.6 Å². The van der Waals surface area contributed by atoms with Crippen molar-refractivity contribution in [2.24, 2.45) is 4.99 Å². The summed E-state index contributed by atoms with van der Waals surface area (Å²) >= 11 is 0. The van der Waals surface area contributed by atoms with Gasteiger partial charge in [-0.15, -0.1) is 0 Å². The van der Waals surface area contributed by atoms with Gasteiger partial charge in [-0.2, -0.15) is 0 Å². The monoisotopic (exact) mass is 460 g/mol. The molecule has 1 saturated heterocycles. The quantitative estimate of drug-likeness (QED) is 0.573. The number of amides is 2. The maximum absolute atomic E-state index is 13.9. The van der Waals surface area contributed by atoms with Crippen LogP contribution in [0.2, 0.25) is 0 Å². The summed E-state index contributed by atoms with van der Waals surface area (Å²) < 4.78 is 25.6. The number of para-hydroxylation sites is 1. The van der Waals surface area contributed by atoms with Gasteiger partial charge in [-0.3, -0.25) is 0 Å². The summed E-state index contributed by atoms with van der Waals surface area (Å²) in [4.78, 5) is 21.5. The second-order valence-electron chi connectivity index (χ2n) is 8.25. The maximum Gasteiger partial charge on any atom is 0.322 e. The standard InChI is InChI=1S/C26H25FN4O3/c1-17-7-9-22-24(15-17)34-23-10-8-18(33-2)16-19(23)25(28-22)30-11-13-31(14-12-30)26(32)29-21-6-4-3-5-20(21)27/h3-10,15-16H,11-14H2,1-2H3,(H,29,32). The van der Waals surface area contributed by atoms with E-state index in [0.29, 0.717) is 43.4 Å². The molecule has 0 spiro atoms. The topological polar surface area (TPSA) is 66.4 Å². The van der Waals surface area contributed by atoms with Crippen molar-refractivity contribution in [3.8, 4) is 17.2 Å². The highest BCUT2D eigenvalue weighted by Crippen LogP contribution is 2.40. The number of benzene rings is 3. The predicted molar refractivity (Wildman–Crippen MR) is 129 cm³/mol. The van der Waals surface area contributed by atoms with Crippen molar-refractivity contribution in [3.05, 3.63) is 77.6 Å². The molecule has 2 aliphatic rings. The van der Waals surface area contributed by atoms with Crippen molar-refractivity contribution in [3.63, 3.8) is 0 Å². The van der Waals surface area contributed by atoms with Gasteiger partial charge in [0.2, 0.25) is 0 Å². The van der Waals surface area contributed by atoms with E-state index in [1.54, 1.807) is 30.2 Å². The number of nitrogens with one attached hydrogen (secondary N) is 1. The van der Waals surface area contributed by atoms with Crippen LogP contribution in [0.3, 0.4) is 0 Å². The van der Waals surface area contributed by atoms with Crippen molar-refractivity contribution in [1.82, 2.24) is 9.80 Å². The number of anilines is 1. The third-order valence-corrected chi connectivity index (χ3v) is 5.97. The molecule has 3 aromatic carbocycles. The summed E-state index contributed by atoms with van der Waals surface area (Å²) in [5, 5.41) is 2.66. The Hall–Kier alpha value is -4.07. The molecular formula is C26H25FN4O3. The van der Waals surface area contributed by atoms with E-state index in [2.05, 4.69) is 10.2 Å². The van der Waals surface area contributed by atoms with Crippen LogP contribution >= 0.6 is 0 Å². The van der Waals surface area contributed by atoms with Gasteiger partial charge in [-0.05, 0) is 55.0 Å². The van der Waals surface area contributed by atoms with E-state index in [9.17, 15) is 9.18 Å². The van der Waals surface area contributed by atoms with Crippen LogP contribution in [0.25, 0.3) is 0 Å². The Morgan fingerprint density at radius 1 is 1.03 bits per heavy atom. The largest absolute Gasteiger partial charge is 0.497 e. The number of ether oxygens (including phenoxy) is 2. The van der Waals surface area contributed by atoms with Crippen LogP contribution < -0.4 is 14.8 Å². The molecule has 1 N–H and O–H groups in total. The summed E-state index contributed by atoms with van der Waals surface area (Å²) in [5.41, 5.74) is 2.84. The van der Waals surface area contributed by atoms with Gasteiger partial charge >= 0.3 is 6.03 Å². The molecule has 0 unspecified atom stereocenters. The predicted octanol–water partition coefficient (Wildman–Crippen LogP) is 5.18. The number of fused-ring (bicyclic) bond motifs is 2. The van der Waals surface area contributed by atoms with Crippen molar-refractivity contribution in [2.45, 2.75) is 6.92 Å². The van der Waals surface area contributed by atoms with Crippen LogP contribution in [0.4, 0.5) is 20.6 Å². The van der Waals surface area contributed by atoms with Crippen LogP contribution in [-0.4, -0.2) is 55.0 Å². The number of hydrogen-bond acceptors (Lipinski definition) is 5. The fourth-order valence-corrected chi connectivity index (χ4v) is 4.11. The zero-order valence-corrected chi connectivity index (χ0v) is 19.0. The molecular weight excluding hydrogens is 435 g/mol. The molecule has 0 aromatic heterocycles. The lowest BCUT2D eigenvalue weighted by atomic mass is 10.1. The first-order chi connectivity index (χ1) is 16.5. The molecule has 8 heteroatoms. The van der Waals surface area contributed by atoms with Gasteiger partial charge in [-0.1, -0.05) is 18.2 Å². The molecule has 3 aromatic rings. The summed E-state index contributed by atoms with van der Waals surface area (Å²) in [6.45, 7) is 4.10. The van der Waals surface area contributed by atoms with E-state index in [4.69, 9.17) is 14.5 Å². The van der Waals surface area contributed by atoms with Crippen LogP contribution in [0, 0.1) is 12.7 Å². The molecule has 174 valence electrons. The van der Waals surface area contributed by atoms with Crippen molar-refractivity contribution >= 4 is 23.2 Å². The molecule has 0 bridgehead atoms. The van der Waals surface area contributed by atoms with Gasteiger partial charge in [0.15, 0.2) is 5.75 Å². The normalized spacial score (nSPS) is 14.9. The highest BCUT2D eigenvalue weighted by molar-refractivity contribution is 6.04. The maximum atomic E-state index is 13.9. The molecule has 0 atom stereocenters. The van der Waals surface area contributed by atoms with Gasteiger partial charge < -0.3 is 24.6 Å². The van der Waals surface area contributed by atoms with E-state index < -0.39 is 5.82 Å². The fraction of sp³-hybridized carbons (Fsp3) is 0.231. The minimum absolute atomic E-state index is 0.174. The van der Waals surface area contributed by atoms with Gasteiger partial charge in [0.25, 0.3) is 0 Å². The van der Waals surface area contributed by atoms with Crippen LogP contribution in [0.1, 0.15) is 11.1 Å². The van der Waals surface area contributed by atoms with Crippen LogP contribution in [0.15, 0.2) is 65.7 Å². The number of carbonyl (C=O) groups excluding carboxylic acids is 1. The zero-order valence-electron chi connectivity index (χ0n) is 19.0. The third-order valence-electron chi connectivity index (χ3n) is 5.97. The third kappa shape index (κ3) is 4.26. The number of nitrogens with zero attached hydrogens (tertiary/aromatic N) is 3. The number of halogens is 1. The molecule has 7 nitrogen and oxygen atoms in total. The molecule has 2 heterocycles. The highest BCUT2D eigenvalue weighted by Gasteiger charge is 2.28. The lowest BCUT2D eigenvalue weighted by molar-refractivity contribution is 0.181. The van der Waals surface area contributed by atoms with E-state index in [-0.39, 0.29) is 11.7 Å². The fourth-order valence-electron chi connectivity index (χ4n) is 4.11. The second kappa shape index (κ2) is 9.05. The number of aryl methyl sites for hydroxylation is 1. The minimum atomic E-state index is -0.457. The number of carbonyl (C=O) groups is 1. The molecule has 2 amide bonds. The first-order valence-electron chi connectivity index (χ1n) is 11.1.